The van der Waals surface area contributed by atoms with Gasteiger partial charge in [0.1, 0.15) is 5.76 Å². The molecule has 0 unspecified atom stereocenters. The second-order valence-electron chi connectivity index (χ2n) is 5.85. The minimum absolute atomic E-state index is 0.00290. The van der Waals surface area contributed by atoms with Gasteiger partial charge in [0.25, 0.3) is 0 Å². The van der Waals surface area contributed by atoms with Crippen molar-refractivity contribution < 1.29 is 9.21 Å². The number of rotatable bonds is 3. The molecule has 0 spiro atoms. The Morgan fingerprint density at radius 2 is 2.08 bits per heavy atom. The number of aromatic nitrogens is 2. The number of nitrogens with zero attached hydrogens (tertiary/aromatic N) is 2. The van der Waals surface area contributed by atoms with Gasteiger partial charge in [-0.15, -0.1) is 0 Å². The second kappa shape index (κ2) is 6.50. The Balaban J connectivity index is 1.63. The van der Waals surface area contributed by atoms with E-state index in [0.29, 0.717) is 45.8 Å². The standard InChI is InChI=1S/C18H13Cl2N3O2/c19-11-3-4-14(13(20)8-11)22-18-21-9-12-15(23-18)6-10(7-16(12)24)17-2-1-5-25-17/h1-5,8-10H,6-7H2,(H,21,22,23)/t10-/m1/s1. The molecule has 0 fully saturated rings. The van der Waals surface area contributed by atoms with Crippen molar-refractivity contribution in [1.82, 2.24) is 9.97 Å². The van der Waals surface area contributed by atoms with Crippen LogP contribution >= 0.6 is 23.2 Å². The van der Waals surface area contributed by atoms with Gasteiger partial charge in [-0.05, 0) is 30.3 Å². The molecular formula is C18H13Cl2N3O2. The van der Waals surface area contributed by atoms with Crippen molar-refractivity contribution in [2.24, 2.45) is 0 Å². The molecule has 3 aromatic rings. The zero-order chi connectivity index (χ0) is 17.4. The summed E-state index contributed by atoms with van der Waals surface area (Å²) in [4.78, 5) is 21.1. The van der Waals surface area contributed by atoms with E-state index in [1.54, 1.807) is 30.7 Å². The summed E-state index contributed by atoms with van der Waals surface area (Å²) in [6.07, 6.45) is 4.21. The molecule has 7 heteroatoms. The topological polar surface area (TPSA) is 68.0 Å². The third kappa shape index (κ3) is 3.25. The number of ketones is 1. The number of hydrogen-bond acceptors (Lipinski definition) is 5. The van der Waals surface area contributed by atoms with Crippen LogP contribution in [0.15, 0.2) is 47.2 Å². The molecule has 0 saturated carbocycles. The monoisotopic (exact) mass is 373 g/mol. The van der Waals surface area contributed by atoms with Crippen LogP contribution in [0.5, 0.6) is 0 Å². The van der Waals surface area contributed by atoms with E-state index in [-0.39, 0.29) is 11.7 Å². The SMILES string of the molecule is O=C1C[C@H](c2ccco2)Cc2nc(Nc3ccc(Cl)cc3Cl)ncc21. The normalized spacial score (nSPS) is 16.6. The van der Waals surface area contributed by atoms with E-state index in [2.05, 4.69) is 15.3 Å². The average molecular weight is 374 g/mol. The molecule has 2 heterocycles. The molecule has 25 heavy (non-hydrogen) atoms. The third-order valence-electron chi connectivity index (χ3n) is 4.16. The first-order valence-electron chi connectivity index (χ1n) is 7.75. The summed E-state index contributed by atoms with van der Waals surface area (Å²) in [6.45, 7) is 0. The maximum Gasteiger partial charge on any atom is 0.227 e. The number of benzene rings is 1. The Bertz CT molecular complexity index is 941. The minimum atomic E-state index is -0.00290. The zero-order valence-corrected chi connectivity index (χ0v) is 14.5. The van der Waals surface area contributed by atoms with Gasteiger partial charge in [-0.3, -0.25) is 4.79 Å². The van der Waals surface area contributed by atoms with E-state index in [4.69, 9.17) is 27.6 Å². The van der Waals surface area contributed by atoms with Crippen LogP contribution < -0.4 is 5.32 Å². The first-order valence-corrected chi connectivity index (χ1v) is 8.50. The maximum atomic E-state index is 12.4. The van der Waals surface area contributed by atoms with Gasteiger partial charge in [0, 0.05) is 30.0 Å². The molecule has 126 valence electrons. The molecule has 0 bridgehead atoms. The molecule has 1 aromatic carbocycles. The van der Waals surface area contributed by atoms with Crippen molar-refractivity contribution in [2.75, 3.05) is 5.32 Å². The Kier molecular flexibility index (Phi) is 4.19. The van der Waals surface area contributed by atoms with Crippen LogP contribution in [-0.4, -0.2) is 15.8 Å². The van der Waals surface area contributed by atoms with Gasteiger partial charge in [-0.1, -0.05) is 23.2 Å². The van der Waals surface area contributed by atoms with Gasteiger partial charge >= 0.3 is 0 Å². The van der Waals surface area contributed by atoms with E-state index in [1.807, 2.05) is 12.1 Å². The second-order valence-corrected chi connectivity index (χ2v) is 6.69. The van der Waals surface area contributed by atoms with Crippen LogP contribution in [0.25, 0.3) is 0 Å². The van der Waals surface area contributed by atoms with E-state index < -0.39 is 0 Å². The highest BCUT2D eigenvalue weighted by molar-refractivity contribution is 6.36. The number of fused-ring (bicyclic) bond motifs is 1. The highest BCUT2D eigenvalue weighted by Gasteiger charge is 2.29. The van der Waals surface area contributed by atoms with Crippen LogP contribution in [0.3, 0.4) is 0 Å². The first kappa shape index (κ1) is 16.1. The Hall–Kier alpha value is -2.37. The lowest BCUT2D eigenvalue weighted by molar-refractivity contribution is 0.0958. The average Bonchev–Trinajstić information content (AvgIpc) is 3.12. The summed E-state index contributed by atoms with van der Waals surface area (Å²) in [5.74, 6) is 1.21. The van der Waals surface area contributed by atoms with Crippen molar-refractivity contribution >= 4 is 40.6 Å². The summed E-state index contributed by atoms with van der Waals surface area (Å²) in [5, 5.41) is 4.09. The van der Waals surface area contributed by atoms with Crippen LogP contribution in [-0.2, 0) is 6.42 Å². The number of halogens is 2. The minimum Gasteiger partial charge on any atom is -0.469 e. The molecule has 1 N–H and O–H groups in total. The molecule has 2 aromatic heterocycles. The molecule has 4 rings (SSSR count). The summed E-state index contributed by atoms with van der Waals surface area (Å²) in [6, 6.07) is 8.83. The van der Waals surface area contributed by atoms with Crippen LogP contribution in [0.4, 0.5) is 11.6 Å². The molecule has 0 aliphatic heterocycles. The highest BCUT2D eigenvalue weighted by Crippen LogP contribution is 2.33. The molecule has 1 atom stereocenters. The smallest absolute Gasteiger partial charge is 0.227 e. The summed E-state index contributed by atoms with van der Waals surface area (Å²) in [7, 11) is 0. The van der Waals surface area contributed by atoms with E-state index in [0.717, 1.165) is 5.76 Å². The number of anilines is 2. The van der Waals surface area contributed by atoms with Crippen LogP contribution in [0.2, 0.25) is 10.0 Å². The number of Topliss-reactive ketones (excluding diaryl/α,β-unsaturated/α-hetero) is 1. The fraction of sp³-hybridized carbons (Fsp3) is 0.167. The predicted octanol–water partition coefficient (Wildman–Crippen LogP) is 5.03. The number of carbonyl (C=O) groups excluding carboxylic acids is 1. The number of nitrogens with one attached hydrogen (secondary N) is 1. The zero-order valence-electron chi connectivity index (χ0n) is 13.0. The van der Waals surface area contributed by atoms with Crippen molar-refractivity contribution in [1.29, 1.82) is 0 Å². The number of furan rings is 1. The summed E-state index contributed by atoms with van der Waals surface area (Å²) >= 11 is 12.1. The fourth-order valence-electron chi connectivity index (χ4n) is 2.94. The van der Waals surface area contributed by atoms with Gasteiger partial charge in [0.15, 0.2) is 5.78 Å². The van der Waals surface area contributed by atoms with Crippen molar-refractivity contribution in [3.63, 3.8) is 0 Å². The molecule has 0 saturated heterocycles. The van der Waals surface area contributed by atoms with E-state index in [9.17, 15) is 4.79 Å². The fourth-order valence-corrected chi connectivity index (χ4v) is 3.40. The summed E-state index contributed by atoms with van der Waals surface area (Å²) in [5.41, 5.74) is 1.92. The van der Waals surface area contributed by atoms with Crippen molar-refractivity contribution in [3.05, 3.63) is 69.9 Å². The quantitative estimate of drug-likeness (QED) is 0.696. The van der Waals surface area contributed by atoms with Crippen molar-refractivity contribution in [2.45, 2.75) is 18.8 Å². The molecular weight excluding hydrogens is 361 g/mol. The van der Waals surface area contributed by atoms with Gasteiger partial charge in [0.2, 0.25) is 5.95 Å². The predicted molar refractivity (Wildman–Crippen MR) is 95.9 cm³/mol. The van der Waals surface area contributed by atoms with Crippen LogP contribution in [0, 0.1) is 0 Å². The van der Waals surface area contributed by atoms with Gasteiger partial charge in [-0.25, -0.2) is 9.97 Å². The van der Waals surface area contributed by atoms with Crippen LogP contribution in [0.1, 0.15) is 34.2 Å². The van der Waals surface area contributed by atoms with Gasteiger partial charge < -0.3 is 9.73 Å². The lowest BCUT2D eigenvalue weighted by atomic mass is 9.85. The Morgan fingerprint density at radius 1 is 1.20 bits per heavy atom. The van der Waals surface area contributed by atoms with E-state index in [1.165, 1.54) is 0 Å². The highest BCUT2D eigenvalue weighted by atomic mass is 35.5. The van der Waals surface area contributed by atoms with Crippen molar-refractivity contribution in [3.8, 4) is 0 Å². The van der Waals surface area contributed by atoms with E-state index >= 15 is 0 Å². The van der Waals surface area contributed by atoms with Gasteiger partial charge in [0.05, 0.1) is 28.2 Å². The lowest BCUT2D eigenvalue weighted by Gasteiger charge is -2.21. The Labute approximate surface area is 154 Å². The van der Waals surface area contributed by atoms with Gasteiger partial charge in [-0.2, -0.15) is 0 Å². The molecule has 0 amide bonds. The number of carbonyl (C=O) groups is 1. The molecule has 0 radical (unpaired) electrons. The number of hydrogen-bond donors (Lipinski definition) is 1. The lowest BCUT2D eigenvalue weighted by Crippen LogP contribution is -2.20. The first-order chi connectivity index (χ1) is 12.1. The maximum absolute atomic E-state index is 12.4. The molecule has 1 aliphatic rings. The Morgan fingerprint density at radius 3 is 2.84 bits per heavy atom. The summed E-state index contributed by atoms with van der Waals surface area (Å²) < 4.78 is 5.45. The molecule has 1 aliphatic carbocycles. The molecule has 5 nitrogen and oxygen atoms in total. The largest absolute Gasteiger partial charge is 0.469 e. The third-order valence-corrected chi connectivity index (χ3v) is 4.71.